The van der Waals surface area contributed by atoms with Gasteiger partial charge in [-0.1, -0.05) is 19.2 Å². The first-order valence-corrected chi connectivity index (χ1v) is 6.97. The van der Waals surface area contributed by atoms with Crippen LogP contribution in [0.25, 0.3) is 29.5 Å². The molecule has 0 amide bonds. The van der Waals surface area contributed by atoms with Crippen LogP contribution in [-0.4, -0.2) is 7.11 Å². The molecule has 2 heterocycles. The highest BCUT2D eigenvalue weighted by Crippen LogP contribution is 2.36. The van der Waals surface area contributed by atoms with E-state index in [9.17, 15) is 4.39 Å². The van der Waals surface area contributed by atoms with Crippen LogP contribution in [0.4, 0.5) is 4.39 Å². The third-order valence-electron chi connectivity index (χ3n) is 4.00. The molecule has 0 radical (unpaired) electrons. The van der Waals surface area contributed by atoms with E-state index in [0.717, 1.165) is 16.7 Å². The Morgan fingerprint density at radius 2 is 2.04 bits per heavy atom. The summed E-state index contributed by atoms with van der Waals surface area (Å²) in [5.74, 6) is 0.714. The highest BCUT2D eigenvalue weighted by molar-refractivity contribution is 5.85. The van der Waals surface area contributed by atoms with Gasteiger partial charge in [-0.2, -0.15) is 4.99 Å². The van der Waals surface area contributed by atoms with Gasteiger partial charge < -0.3 is 4.74 Å². The lowest BCUT2D eigenvalue weighted by atomic mass is 9.94. The lowest BCUT2D eigenvalue weighted by Crippen LogP contribution is -2.28. The Bertz CT molecular complexity index is 1050. The number of hydrogen-bond acceptors (Lipinski definition) is 3. The Morgan fingerprint density at radius 3 is 2.70 bits per heavy atom. The van der Waals surface area contributed by atoms with Crippen molar-refractivity contribution in [1.82, 2.24) is 0 Å². The molecule has 2 aromatic rings. The number of benzene rings is 2. The summed E-state index contributed by atoms with van der Waals surface area (Å²) in [4.78, 5) is 4.37. The number of ether oxygens (including phenoxy) is 1. The zero-order chi connectivity index (χ0) is 16.1. The Morgan fingerprint density at radius 1 is 1.22 bits per heavy atom. The Labute approximate surface area is 131 Å². The van der Waals surface area contributed by atoms with E-state index in [0.29, 0.717) is 33.5 Å². The fourth-order valence-corrected chi connectivity index (χ4v) is 2.87. The molecule has 4 rings (SSSR count). The number of nitroso groups, excluding NO2 is 1. The lowest BCUT2D eigenvalue weighted by molar-refractivity contribution is 0.415. The third-order valence-corrected chi connectivity index (χ3v) is 4.00. The highest BCUT2D eigenvalue weighted by Gasteiger charge is 2.39. The molecule has 0 saturated heterocycles. The van der Waals surface area contributed by atoms with Crippen molar-refractivity contribution in [3.05, 3.63) is 68.8 Å². The van der Waals surface area contributed by atoms with Crippen LogP contribution >= 0.6 is 0 Å². The van der Waals surface area contributed by atoms with E-state index in [1.807, 2.05) is 6.07 Å². The maximum Gasteiger partial charge on any atom is 0.533 e. The molecule has 0 N–H and O–H groups in total. The summed E-state index contributed by atoms with van der Waals surface area (Å²) >= 11 is 0. The zero-order valence-corrected chi connectivity index (χ0v) is 12.4. The minimum atomic E-state index is -0.344. The molecule has 0 fully saturated rings. The first-order valence-electron chi connectivity index (χ1n) is 6.97. The summed E-state index contributed by atoms with van der Waals surface area (Å²) < 4.78 is 24.1. The summed E-state index contributed by atoms with van der Waals surface area (Å²) in [7, 11) is 1.55. The third kappa shape index (κ3) is 1.80. The van der Waals surface area contributed by atoms with Crippen molar-refractivity contribution in [2.24, 2.45) is 10.2 Å². The number of nitrogens with zero attached hydrogens (tertiary/aromatic N) is 2. The normalized spacial score (nSPS) is 14.0. The van der Waals surface area contributed by atoms with E-state index in [4.69, 9.17) is 9.27 Å². The molecule has 2 aliphatic heterocycles. The van der Waals surface area contributed by atoms with Crippen LogP contribution in [0.15, 0.2) is 46.9 Å². The molecule has 2 aliphatic rings. The van der Waals surface area contributed by atoms with Crippen molar-refractivity contribution in [3.8, 4) is 16.9 Å². The van der Waals surface area contributed by atoms with Crippen molar-refractivity contribution in [3.63, 3.8) is 0 Å². The molecule has 0 aromatic heterocycles. The molecule has 0 atom stereocenters. The van der Waals surface area contributed by atoms with Crippen molar-refractivity contribution >= 4 is 18.4 Å². The predicted octanol–water partition coefficient (Wildman–Crippen LogP) is 3.13. The Balaban J connectivity index is 2.07. The highest BCUT2D eigenvalue weighted by atomic mass is 19.1. The standard InChI is InChI=1S/C18H12FN2O2/c1-4-11-9(2)16-14(17-18(20-16)23-21-17)8-12(11)13-7-10(19)5-6-15(13)22-3/h4-8H,1-2H2,3H3/q+1. The van der Waals surface area contributed by atoms with Crippen molar-refractivity contribution in [2.45, 2.75) is 0 Å². The van der Waals surface area contributed by atoms with Gasteiger partial charge in [-0.3, -0.25) is 0 Å². The molecule has 0 saturated carbocycles. The average Bonchev–Trinajstić information content (AvgIpc) is 2.77. The van der Waals surface area contributed by atoms with E-state index in [1.54, 1.807) is 19.3 Å². The minimum Gasteiger partial charge on any atom is -0.496 e. The van der Waals surface area contributed by atoms with Gasteiger partial charge in [0.15, 0.2) is 5.18 Å². The molecule has 2 aromatic carbocycles. The quantitative estimate of drug-likeness (QED) is 0.804. The average molecular weight is 307 g/mol. The number of hydrogen-bond donors (Lipinski definition) is 0. The number of halogens is 1. The van der Waals surface area contributed by atoms with Crippen LogP contribution < -0.4 is 15.3 Å². The van der Waals surface area contributed by atoms with Gasteiger partial charge in [0.1, 0.15) is 11.6 Å². The second-order valence-electron chi connectivity index (χ2n) is 5.21. The van der Waals surface area contributed by atoms with Gasteiger partial charge in [0.25, 0.3) is 0 Å². The SMILES string of the molecule is C=Cc1c(-c2cc(F)ccc2OC)cc2c(c1=C)=NC1=C2N=[O+]1. The monoisotopic (exact) mass is 307 g/mol. The van der Waals surface area contributed by atoms with Crippen LogP contribution in [0.2, 0.25) is 0 Å². The fourth-order valence-electron chi connectivity index (χ4n) is 2.87. The van der Waals surface area contributed by atoms with Crippen LogP contribution in [0.5, 0.6) is 5.75 Å². The molecule has 0 unspecified atom stereocenters. The molecule has 23 heavy (non-hydrogen) atoms. The topological polar surface area (TPSA) is 45.2 Å². The number of fused-ring (bicyclic) bond motifs is 2. The second kappa shape index (κ2) is 4.71. The maximum absolute atomic E-state index is 13.8. The van der Waals surface area contributed by atoms with Crippen LogP contribution in [0.1, 0.15) is 11.1 Å². The van der Waals surface area contributed by atoms with Gasteiger partial charge in [0.05, 0.1) is 12.5 Å². The van der Waals surface area contributed by atoms with Crippen LogP contribution in [-0.2, 0) is 0 Å². The molecular weight excluding hydrogens is 295 g/mol. The first-order chi connectivity index (χ1) is 11.1. The van der Waals surface area contributed by atoms with Crippen LogP contribution in [0, 0.1) is 10.4 Å². The van der Waals surface area contributed by atoms with Gasteiger partial charge >= 0.3 is 11.6 Å². The molecule has 0 aliphatic carbocycles. The molecule has 112 valence electrons. The van der Waals surface area contributed by atoms with Gasteiger partial charge in [-0.05, 0) is 39.9 Å². The summed E-state index contributed by atoms with van der Waals surface area (Å²) in [6.07, 6.45) is 1.69. The van der Waals surface area contributed by atoms with Gasteiger partial charge in [-0.15, -0.1) is 0 Å². The fraction of sp³-hybridized carbons (Fsp3) is 0.0556. The maximum atomic E-state index is 13.8. The Kier molecular flexibility index (Phi) is 2.78. The lowest BCUT2D eigenvalue weighted by Gasteiger charge is -2.13. The summed E-state index contributed by atoms with van der Waals surface area (Å²) in [5.41, 5.74) is 3.69. The van der Waals surface area contributed by atoms with E-state index in [-0.39, 0.29) is 5.82 Å². The summed E-state index contributed by atoms with van der Waals surface area (Å²) in [6.45, 7) is 7.95. The largest absolute Gasteiger partial charge is 0.533 e. The van der Waals surface area contributed by atoms with Gasteiger partial charge in [0, 0.05) is 16.3 Å². The minimum absolute atomic E-state index is 0.344. The van der Waals surface area contributed by atoms with E-state index < -0.39 is 0 Å². The molecule has 5 heteroatoms. The number of rotatable bonds is 3. The van der Waals surface area contributed by atoms with Gasteiger partial charge in [-0.25, -0.2) is 4.39 Å². The summed E-state index contributed by atoms with van der Waals surface area (Å²) in [5, 5.41) is 5.30. The zero-order valence-electron chi connectivity index (χ0n) is 12.4. The van der Waals surface area contributed by atoms with Crippen LogP contribution in [0.3, 0.4) is 0 Å². The Hall–Kier alpha value is -3.08. The number of methoxy groups -OCH3 is 1. The van der Waals surface area contributed by atoms with E-state index in [1.165, 1.54) is 12.1 Å². The molecule has 4 nitrogen and oxygen atoms in total. The van der Waals surface area contributed by atoms with E-state index >= 15 is 0 Å². The smallest absolute Gasteiger partial charge is 0.496 e. The summed E-state index contributed by atoms with van der Waals surface area (Å²) in [6, 6.07) is 6.29. The molecule has 0 bridgehead atoms. The predicted molar refractivity (Wildman–Crippen MR) is 87.5 cm³/mol. The van der Waals surface area contributed by atoms with Crippen molar-refractivity contribution < 1.29 is 9.13 Å². The van der Waals surface area contributed by atoms with E-state index in [2.05, 4.69) is 23.3 Å². The van der Waals surface area contributed by atoms with Crippen molar-refractivity contribution in [2.75, 3.05) is 7.11 Å². The molecule has 0 spiro atoms. The first kappa shape index (κ1) is 13.6. The molecular formula is C18H12FN2O2+. The van der Waals surface area contributed by atoms with Crippen molar-refractivity contribution in [1.29, 1.82) is 0 Å². The van der Waals surface area contributed by atoms with Gasteiger partial charge in [0.2, 0.25) is 0 Å². The second-order valence-corrected chi connectivity index (χ2v) is 5.21.